The Morgan fingerprint density at radius 1 is 1.44 bits per heavy atom. The van der Waals surface area contributed by atoms with Gasteiger partial charge in [0.15, 0.2) is 6.07 Å². The number of nitrogens with zero attached hydrogens (tertiary/aromatic N) is 3. The van der Waals surface area contributed by atoms with Gasteiger partial charge in [0.05, 0.1) is 17.2 Å². The molecule has 0 unspecified atom stereocenters. The number of nitriles is 1. The molecule has 1 heterocycles. The summed E-state index contributed by atoms with van der Waals surface area (Å²) >= 11 is 0. The van der Waals surface area contributed by atoms with Crippen molar-refractivity contribution < 1.29 is 0 Å². The van der Waals surface area contributed by atoms with E-state index in [4.69, 9.17) is 5.26 Å². The van der Waals surface area contributed by atoms with Gasteiger partial charge in [-0.2, -0.15) is 5.26 Å². The van der Waals surface area contributed by atoms with Gasteiger partial charge < -0.3 is 4.57 Å². The Kier molecular flexibility index (Phi) is 2.41. The van der Waals surface area contributed by atoms with Crippen molar-refractivity contribution in [3.8, 4) is 17.9 Å². The molecule has 1 aromatic heterocycles. The van der Waals surface area contributed by atoms with Crippen LogP contribution in [0.15, 0.2) is 29.3 Å². The molecular weight excluding hydrogens is 202 g/mol. The van der Waals surface area contributed by atoms with Gasteiger partial charge in [0.1, 0.15) is 0 Å². The standard InChI is InChI=1S/C12H7N3O/c1-15-8-14-11-5-4-9(3-2-6-13)7-10(11)12(15)16/h4-5,7-8H,1H3. The number of rotatable bonds is 0. The van der Waals surface area contributed by atoms with Crippen LogP contribution in [0, 0.1) is 23.2 Å². The highest BCUT2D eigenvalue weighted by Crippen LogP contribution is 2.08. The summed E-state index contributed by atoms with van der Waals surface area (Å²) in [6.45, 7) is 0. The topological polar surface area (TPSA) is 58.7 Å². The first kappa shape index (κ1) is 9.95. The quantitative estimate of drug-likeness (QED) is 0.603. The summed E-state index contributed by atoms with van der Waals surface area (Å²) in [5, 5.41) is 8.85. The van der Waals surface area contributed by atoms with E-state index in [1.807, 2.05) is 0 Å². The minimum Gasteiger partial charge on any atom is -0.302 e. The summed E-state index contributed by atoms with van der Waals surface area (Å²) in [6.07, 6.45) is 1.48. The molecular formula is C12H7N3O. The Labute approximate surface area is 91.8 Å². The second-order valence-electron chi connectivity index (χ2n) is 3.25. The predicted molar refractivity (Wildman–Crippen MR) is 59.5 cm³/mol. The molecule has 16 heavy (non-hydrogen) atoms. The van der Waals surface area contributed by atoms with E-state index < -0.39 is 0 Å². The monoisotopic (exact) mass is 209 g/mol. The second-order valence-corrected chi connectivity index (χ2v) is 3.25. The molecule has 0 atom stereocenters. The fourth-order valence-corrected chi connectivity index (χ4v) is 1.39. The third-order valence-corrected chi connectivity index (χ3v) is 2.18. The molecule has 76 valence electrons. The van der Waals surface area contributed by atoms with Crippen LogP contribution in [-0.2, 0) is 7.05 Å². The van der Waals surface area contributed by atoms with Crippen molar-refractivity contribution in [2.24, 2.45) is 7.05 Å². The van der Waals surface area contributed by atoms with Crippen LogP contribution in [0.4, 0.5) is 0 Å². The van der Waals surface area contributed by atoms with E-state index in [0.717, 1.165) is 0 Å². The number of fused-ring (bicyclic) bond motifs is 1. The van der Waals surface area contributed by atoms with Crippen LogP contribution in [-0.4, -0.2) is 9.55 Å². The number of benzene rings is 1. The molecule has 4 heteroatoms. The molecule has 0 N–H and O–H groups in total. The molecule has 2 aromatic rings. The van der Waals surface area contributed by atoms with Crippen LogP contribution in [0.25, 0.3) is 10.9 Å². The van der Waals surface area contributed by atoms with E-state index in [9.17, 15) is 4.79 Å². The Morgan fingerprint density at radius 2 is 2.25 bits per heavy atom. The van der Waals surface area contributed by atoms with Crippen LogP contribution in [0.5, 0.6) is 0 Å². The van der Waals surface area contributed by atoms with Gasteiger partial charge in [0, 0.05) is 18.5 Å². The van der Waals surface area contributed by atoms with Gasteiger partial charge in [-0.25, -0.2) is 4.98 Å². The van der Waals surface area contributed by atoms with Crippen molar-refractivity contribution >= 4 is 10.9 Å². The minimum absolute atomic E-state index is 0.120. The van der Waals surface area contributed by atoms with E-state index >= 15 is 0 Å². The smallest absolute Gasteiger partial charge is 0.260 e. The molecule has 2 rings (SSSR count). The molecule has 4 nitrogen and oxygen atoms in total. The predicted octanol–water partition coefficient (Wildman–Crippen LogP) is 0.809. The van der Waals surface area contributed by atoms with Crippen molar-refractivity contribution in [3.05, 3.63) is 40.4 Å². The molecule has 0 saturated heterocycles. The largest absolute Gasteiger partial charge is 0.302 e. The first-order valence-corrected chi connectivity index (χ1v) is 4.58. The van der Waals surface area contributed by atoms with Crippen molar-refractivity contribution in [2.75, 3.05) is 0 Å². The minimum atomic E-state index is -0.120. The van der Waals surface area contributed by atoms with Gasteiger partial charge in [-0.15, -0.1) is 0 Å². The Bertz CT molecular complexity index is 711. The molecule has 0 aliphatic rings. The first-order valence-electron chi connectivity index (χ1n) is 4.58. The number of hydrogen-bond donors (Lipinski definition) is 0. The van der Waals surface area contributed by atoms with Gasteiger partial charge >= 0.3 is 0 Å². The lowest BCUT2D eigenvalue weighted by Crippen LogP contribution is -2.16. The Balaban J connectivity index is 2.75. The third kappa shape index (κ3) is 1.65. The zero-order valence-corrected chi connectivity index (χ0v) is 8.56. The molecule has 0 radical (unpaired) electrons. The summed E-state index contributed by atoms with van der Waals surface area (Å²) in [5.74, 6) is 4.94. The van der Waals surface area contributed by atoms with Crippen LogP contribution >= 0.6 is 0 Å². The van der Waals surface area contributed by atoms with Crippen molar-refractivity contribution in [1.29, 1.82) is 5.26 Å². The molecule has 0 aliphatic heterocycles. The third-order valence-electron chi connectivity index (χ3n) is 2.18. The fourth-order valence-electron chi connectivity index (χ4n) is 1.39. The van der Waals surface area contributed by atoms with Crippen molar-refractivity contribution in [3.63, 3.8) is 0 Å². The lowest BCUT2D eigenvalue weighted by atomic mass is 10.1. The molecule has 0 amide bonds. The maximum atomic E-state index is 11.8. The van der Waals surface area contributed by atoms with E-state index in [1.165, 1.54) is 10.9 Å². The molecule has 0 saturated carbocycles. The first-order chi connectivity index (χ1) is 7.72. The van der Waals surface area contributed by atoms with E-state index in [-0.39, 0.29) is 5.56 Å². The van der Waals surface area contributed by atoms with E-state index in [2.05, 4.69) is 16.8 Å². The molecule has 1 aromatic carbocycles. The SMILES string of the molecule is Cn1cnc2ccc(C#CC#N)cc2c1=O. The van der Waals surface area contributed by atoms with Crippen LogP contribution in [0.1, 0.15) is 5.56 Å². The molecule has 0 aliphatic carbocycles. The summed E-state index contributed by atoms with van der Waals surface area (Å²) in [5.41, 5.74) is 1.15. The van der Waals surface area contributed by atoms with E-state index in [0.29, 0.717) is 16.5 Å². The van der Waals surface area contributed by atoms with Gasteiger partial charge in [0.2, 0.25) is 0 Å². The number of aryl methyl sites for hydroxylation is 1. The fraction of sp³-hybridized carbons (Fsp3) is 0.0833. The molecule has 0 fully saturated rings. The lowest BCUT2D eigenvalue weighted by Gasteiger charge is -2.00. The van der Waals surface area contributed by atoms with Gasteiger partial charge in [-0.3, -0.25) is 4.79 Å². The zero-order valence-electron chi connectivity index (χ0n) is 8.56. The summed E-state index contributed by atoms with van der Waals surface area (Å²) < 4.78 is 1.41. The van der Waals surface area contributed by atoms with Crippen LogP contribution in [0.2, 0.25) is 0 Å². The van der Waals surface area contributed by atoms with Gasteiger partial charge in [-0.05, 0) is 18.2 Å². The number of aromatic nitrogens is 2. The normalized spacial score (nSPS) is 9.25. The van der Waals surface area contributed by atoms with Crippen molar-refractivity contribution in [2.45, 2.75) is 0 Å². The average molecular weight is 209 g/mol. The summed E-state index contributed by atoms with van der Waals surface area (Å²) in [4.78, 5) is 15.9. The highest BCUT2D eigenvalue weighted by atomic mass is 16.1. The number of hydrogen-bond acceptors (Lipinski definition) is 3. The Hall–Kier alpha value is -2.59. The summed E-state index contributed by atoms with van der Waals surface area (Å²) in [6, 6.07) is 6.83. The molecule has 0 spiro atoms. The highest BCUT2D eigenvalue weighted by Gasteiger charge is 2.01. The van der Waals surface area contributed by atoms with E-state index in [1.54, 1.807) is 31.3 Å². The highest BCUT2D eigenvalue weighted by molar-refractivity contribution is 5.79. The van der Waals surface area contributed by atoms with Crippen LogP contribution < -0.4 is 5.56 Å². The average Bonchev–Trinajstić information content (AvgIpc) is 2.31. The Morgan fingerprint density at radius 3 is 3.00 bits per heavy atom. The van der Waals surface area contributed by atoms with Gasteiger partial charge in [-0.1, -0.05) is 5.92 Å². The van der Waals surface area contributed by atoms with Crippen LogP contribution in [0.3, 0.4) is 0 Å². The summed E-state index contributed by atoms with van der Waals surface area (Å²) in [7, 11) is 1.64. The zero-order chi connectivity index (χ0) is 11.5. The lowest BCUT2D eigenvalue weighted by molar-refractivity contribution is 0.843. The molecule has 0 bridgehead atoms. The maximum absolute atomic E-state index is 11.8. The van der Waals surface area contributed by atoms with Crippen molar-refractivity contribution in [1.82, 2.24) is 9.55 Å². The second kappa shape index (κ2) is 3.88. The van der Waals surface area contributed by atoms with Gasteiger partial charge in [0.25, 0.3) is 5.56 Å². The maximum Gasteiger partial charge on any atom is 0.260 e.